The number of hydrogen-bond donors (Lipinski definition) is 2. The predicted molar refractivity (Wildman–Crippen MR) is 98.3 cm³/mol. The molecule has 1 heterocycles. The fraction of sp³-hybridized carbons (Fsp3) is 0.529. The van der Waals surface area contributed by atoms with Crippen molar-refractivity contribution in [3.05, 3.63) is 23.2 Å². The summed E-state index contributed by atoms with van der Waals surface area (Å²) < 4.78 is 5.48. The van der Waals surface area contributed by atoms with Crippen LogP contribution in [0.25, 0.3) is 0 Å². The van der Waals surface area contributed by atoms with Crippen LogP contribution < -0.4 is 15.4 Å². The second-order valence-electron chi connectivity index (χ2n) is 5.80. The predicted octanol–water partition coefficient (Wildman–Crippen LogP) is 2.02. The lowest BCUT2D eigenvalue weighted by Gasteiger charge is -2.34. The molecule has 0 atom stereocenters. The van der Waals surface area contributed by atoms with Crippen LogP contribution in [-0.4, -0.2) is 67.6 Å². The van der Waals surface area contributed by atoms with Gasteiger partial charge in [0.25, 0.3) is 0 Å². The lowest BCUT2D eigenvalue weighted by Crippen LogP contribution is -2.49. The summed E-state index contributed by atoms with van der Waals surface area (Å²) in [4.78, 5) is 27.4. The van der Waals surface area contributed by atoms with Crippen LogP contribution in [0.3, 0.4) is 0 Å². The zero-order valence-corrected chi connectivity index (χ0v) is 15.4. The summed E-state index contributed by atoms with van der Waals surface area (Å²) in [5, 5.41) is 6.13. The van der Waals surface area contributed by atoms with Crippen molar-refractivity contribution in [2.45, 2.75) is 13.8 Å². The number of urea groups is 1. The molecule has 7 nitrogen and oxygen atoms in total. The first-order valence-electron chi connectivity index (χ1n) is 8.44. The molecule has 1 aromatic carbocycles. The topological polar surface area (TPSA) is 73.9 Å². The van der Waals surface area contributed by atoms with Gasteiger partial charge in [-0.2, -0.15) is 0 Å². The smallest absolute Gasteiger partial charge is 0.319 e. The van der Waals surface area contributed by atoms with Crippen molar-refractivity contribution in [2.75, 3.05) is 51.2 Å². The second kappa shape index (κ2) is 9.48. The summed E-state index contributed by atoms with van der Waals surface area (Å²) in [6.07, 6.45) is 0. The van der Waals surface area contributed by atoms with Gasteiger partial charge in [-0.1, -0.05) is 11.6 Å². The van der Waals surface area contributed by atoms with E-state index in [1.54, 1.807) is 25.1 Å². The molecule has 1 saturated heterocycles. The Bertz CT molecular complexity index is 604. The minimum Gasteiger partial charge on any atom is -0.492 e. The molecule has 0 aromatic heterocycles. The third-order valence-electron chi connectivity index (χ3n) is 4.02. The third kappa shape index (κ3) is 6.10. The zero-order chi connectivity index (χ0) is 18.2. The molecule has 0 bridgehead atoms. The average Bonchev–Trinajstić information content (AvgIpc) is 2.58. The lowest BCUT2D eigenvalue weighted by molar-refractivity contribution is -0.130. The van der Waals surface area contributed by atoms with Crippen LogP contribution in [0.4, 0.5) is 10.5 Å². The van der Waals surface area contributed by atoms with E-state index in [2.05, 4.69) is 15.5 Å². The molecule has 0 aliphatic carbocycles. The van der Waals surface area contributed by atoms with Gasteiger partial charge in [-0.05, 0) is 25.1 Å². The third-order valence-corrected chi connectivity index (χ3v) is 4.26. The van der Waals surface area contributed by atoms with Crippen molar-refractivity contribution >= 4 is 29.2 Å². The molecule has 0 saturated carbocycles. The van der Waals surface area contributed by atoms with E-state index in [9.17, 15) is 9.59 Å². The molecular weight excluding hydrogens is 344 g/mol. The van der Waals surface area contributed by atoms with Crippen LogP contribution in [-0.2, 0) is 4.79 Å². The van der Waals surface area contributed by atoms with Gasteiger partial charge in [-0.25, -0.2) is 4.79 Å². The van der Waals surface area contributed by atoms with E-state index in [0.717, 1.165) is 32.7 Å². The van der Waals surface area contributed by atoms with Crippen LogP contribution >= 0.6 is 11.6 Å². The molecule has 3 amide bonds. The van der Waals surface area contributed by atoms with E-state index in [4.69, 9.17) is 16.3 Å². The number of carbonyl (C=O) groups excluding carboxylic acids is 2. The molecule has 2 rings (SSSR count). The highest BCUT2D eigenvalue weighted by molar-refractivity contribution is 6.31. The minimum atomic E-state index is -0.300. The van der Waals surface area contributed by atoms with Crippen molar-refractivity contribution in [1.29, 1.82) is 0 Å². The van der Waals surface area contributed by atoms with Crippen molar-refractivity contribution in [1.82, 2.24) is 15.1 Å². The molecule has 1 fully saturated rings. The molecule has 0 radical (unpaired) electrons. The number of ether oxygens (including phenoxy) is 1. The molecule has 1 aliphatic heterocycles. The molecule has 138 valence electrons. The maximum atomic E-state index is 12.1. The Morgan fingerprint density at radius 2 is 1.96 bits per heavy atom. The zero-order valence-electron chi connectivity index (χ0n) is 14.7. The molecule has 0 spiro atoms. The molecular formula is C17H25ClN4O3. The van der Waals surface area contributed by atoms with Crippen molar-refractivity contribution in [3.63, 3.8) is 0 Å². The molecule has 8 heteroatoms. The summed E-state index contributed by atoms with van der Waals surface area (Å²) >= 11 is 5.98. The van der Waals surface area contributed by atoms with E-state index < -0.39 is 0 Å². The van der Waals surface area contributed by atoms with E-state index in [-0.39, 0.29) is 11.9 Å². The first kappa shape index (κ1) is 19.3. The summed E-state index contributed by atoms with van der Waals surface area (Å²) in [5.41, 5.74) is 0.543. The van der Waals surface area contributed by atoms with Gasteiger partial charge in [0.2, 0.25) is 5.91 Å². The quantitative estimate of drug-likeness (QED) is 0.805. The van der Waals surface area contributed by atoms with E-state index >= 15 is 0 Å². The minimum absolute atomic E-state index is 0.115. The van der Waals surface area contributed by atoms with Crippen molar-refractivity contribution < 1.29 is 14.3 Å². The van der Waals surface area contributed by atoms with Crippen LogP contribution in [0, 0.1) is 0 Å². The Balaban J connectivity index is 1.74. The molecule has 0 unspecified atom stereocenters. The van der Waals surface area contributed by atoms with Crippen LogP contribution in [0.5, 0.6) is 5.75 Å². The molecule has 1 aliphatic rings. The summed E-state index contributed by atoms with van der Waals surface area (Å²) in [5.74, 6) is 0.700. The number of carbonyl (C=O) groups is 2. The maximum absolute atomic E-state index is 12.1. The number of nitrogens with one attached hydrogen (secondary N) is 2. The second-order valence-corrected chi connectivity index (χ2v) is 6.24. The Morgan fingerprint density at radius 3 is 2.60 bits per heavy atom. The van der Waals surface area contributed by atoms with Crippen molar-refractivity contribution in [2.24, 2.45) is 0 Å². The van der Waals surface area contributed by atoms with Gasteiger partial charge >= 0.3 is 6.03 Å². The number of amides is 3. The number of halogens is 1. The highest BCUT2D eigenvalue weighted by Crippen LogP contribution is 2.27. The van der Waals surface area contributed by atoms with E-state index in [1.807, 2.05) is 11.8 Å². The summed E-state index contributed by atoms with van der Waals surface area (Å²) in [7, 11) is 0. The number of rotatable bonds is 6. The molecule has 25 heavy (non-hydrogen) atoms. The number of piperazine rings is 1. The Kier molecular flexibility index (Phi) is 7.33. The Labute approximate surface area is 153 Å². The Morgan fingerprint density at radius 1 is 1.24 bits per heavy atom. The highest BCUT2D eigenvalue weighted by atomic mass is 35.5. The molecule has 1 aromatic rings. The fourth-order valence-electron chi connectivity index (χ4n) is 2.66. The average molecular weight is 369 g/mol. The SMILES string of the molecule is CCOc1ccc(Cl)cc1NC(=O)NCCN1CCN(C(C)=O)CC1. The first-order chi connectivity index (χ1) is 12.0. The van der Waals surface area contributed by atoms with Crippen molar-refractivity contribution in [3.8, 4) is 5.75 Å². The van der Waals surface area contributed by atoms with Gasteiger partial charge in [0, 0.05) is 51.2 Å². The monoisotopic (exact) mass is 368 g/mol. The van der Waals surface area contributed by atoms with Gasteiger partial charge in [0.15, 0.2) is 0 Å². The first-order valence-corrected chi connectivity index (χ1v) is 8.82. The summed E-state index contributed by atoms with van der Waals surface area (Å²) in [6.45, 7) is 8.37. The number of nitrogens with zero attached hydrogens (tertiary/aromatic N) is 2. The van der Waals surface area contributed by atoms with Crippen LogP contribution in [0.2, 0.25) is 5.02 Å². The van der Waals surface area contributed by atoms with Gasteiger partial charge in [-0.15, -0.1) is 0 Å². The van der Waals surface area contributed by atoms with Gasteiger partial charge in [0.05, 0.1) is 12.3 Å². The highest BCUT2D eigenvalue weighted by Gasteiger charge is 2.18. The lowest BCUT2D eigenvalue weighted by atomic mass is 10.3. The largest absolute Gasteiger partial charge is 0.492 e. The maximum Gasteiger partial charge on any atom is 0.319 e. The summed E-state index contributed by atoms with van der Waals surface area (Å²) in [6, 6.07) is 4.81. The fourth-order valence-corrected chi connectivity index (χ4v) is 2.83. The van der Waals surface area contributed by atoms with Gasteiger partial charge in [0.1, 0.15) is 5.75 Å². The van der Waals surface area contributed by atoms with Crippen LogP contribution in [0.15, 0.2) is 18.2 Å². The van der Waals surface area contributed by atoms with E-state index in [0.29, 0.717) is 29.6 Å². The number of anilines is 1. The number of benzene rings is 1. The van der Waals surface area contributed by atoms with Crippen LogP contribution in [0.1, 0.15) is 13.8 Å². The standard InChI is InChI=1S/C17H25ClN4O3/c1-3-25-16-5-4-14(18)12-15(16)20-17(24)19-6-7-21-8-10-22(11-9-21)13(2)23/h4-5,12H,3,6-11H2,1-2H3,(H2,19,20,24). The number of hydrogen-bond acceptors (Lipinski definition) is 4. The Hall–Kier alpha value is -1.99. The van der Waals surface area contributed by atoms with E-state index in [1.165, 1.54) is 0 Å². The van der Waals surface area contributed by atoms with Gasteiger partial charge < -0.3 is 20.3 Å². The van der Waals surface area contributed by atoms with Gasteiger partial charge in [-0.3, -0.25) is 9.69 Å². The molecule has 2 N–H and O–H groups in total. The normalized spacial score (nSPS) is 14.9.